The van der Waals surface area contributed by atoms with Crippen LogP contribution in [0.2, 0.25) is 0 Å². The van der Waals surface area contributed by atoms with Crippen LogP contribution in [-0.4, -0.2) is 10.6 Å². The monoisotopic (exact) mass is 266 g/mol. The number of ketones is 1. The Balaban J connectivity index is 2.33. The van der Waals surface area contributed by atoms with E-state index in [1.165, 1.54) is 0 Å². The van der Waals surface area contributed by atoms with Gasteiger partial charge in [-0.05, 0) is 11.5 Å². The second-order valence-electron chi connectivity index (χ2n) is 5.13. The molecule has 2 heteroatoms. The summed E-state index contributed by atoms with van der Waals surface area (Å²) < 4.78 is 0. The molecule has 0 spiro atoms. The molecule has 94 valence electrons. The molecule has 0 saturated heterocycles. The number of hydrogen-bond donors (Lipinski definition) is 0. The van der Waals surface area contributed by atoms with Crippen LogP contribution in [0.25, 0.3) is 0 Å². The minimum absolute atomic E-state index is 0.0849. The van der Waals surface area contributed by atoms with Crippen molar-refractivity contribution in [2.45, 2.75) is 19.8 Å². The first-order chi connectivity index (χ1) is 9.11. The highest BCUT2D eigenvalue weighted by molar-refractivity contribution is 7.81. The Bertz CT molecular complexity index is 698. The molecule has 19 heavy (non-hydrogen) atoms. The summed E-state index contributed by atoms with van der Waals surface area (Å²) in [6.07, 6.45) is 0. The van der Waals surface area contributed by atoms with Crippen molar-refractivity contribution in [3.8, 4) is 0 Å². The highest BCUT2D eigenvalue weighted by atomic mass is 32.1. The van der Waals surface area contributed by atoms with Crippen LogP contribution in [0, 0.1) is 0 Å². The Hall–Kier alpha value is -1.80. The summed E-state index contributed by atoms with van der Waals surface area (Å²) in [5, 5.41) is 0. The van der Waals surface area contributed by atoms with Crippen molar-refractivity contribution in [3.63, 3.8) is 0 Å². The zero-order valence-electron chi connectivity index (χ0n) is 10.9. The summed E-state index contributed by atoms with van der Waals surface area (Å²) in [5.74, 6) is 0.438. The van der Waals surface area contributed by atoms with Gasteiger partial charge in [-0.3, -0.25) is 4.79 Å². The molecule has 1 aliphatic carbocycles. The predicted octanol–water partition coefficient (Wildman–Crippen LogP) is 4.12. The van der Waals surface area contributed by atoms with Crippen molar-refractivity contribution in [1.29, 1.82) is 0 Å². The quantitative estimate of drug-likeness (QED) is 0.616. The van der Waals surface area contributed by atoms with E-state index in [0.717, 1.165) is 32.7 Å². The maximum absolute atomic E-state index is 12.6. The van der Waals surface area contributed by atoms with Gasteiger partial charge in [-0.15, -0.1) is 0 Å². The lowest BCUT2D eigenvalue weighted by Crippen LogP contribution is -2.22. The summed E-state index contributed by atoms with van der Waals surface area (Å²) in [6.45, 7) is 4.26. The molecule has 0 unspecified atom stereocenters. The van der Waals surface area contributed by atoms with E-state index in [1.807, 2.05) is 36.4 Å². The third-order valence-corrected chi connectivity index (χ3v) is 4.03. The van der Waals surface area contributed by atoms with E-state index < -0.39 is 0 Å². The predicted molar refractivity (Wildman–Crippen MR) is 81.2 cm³/mol. The number of carbonyl (C=O) groups excluding carboxylic acids is 1. The van der Waals surface area contributed by atoms with Crippen LogP contribution in [0.4, 0.5) is 0 Å². The molecule has 0 heterocycles. The van der Waals surface area contributed by atoms with Crippen molar-refractivity contribution >= 4 is 22.9 Å². The summed E-state index contributed by atoms with van der Waals surface area (Å²) in [6, 6.07) is 13.5. The minimum atomic E-state index is 0.0849. The summed E-state index contributed by atoms with van der Waals surface area (Å²) in [7, 11) is 0. The molecule has 0 amide bonds. The Morgan fingerprint density at radius 1 is 0.895 bits per heavy atom. The standard InChI is InChI=1S/C17H14OS/c1-10(2)11-8-5-9-14-15(11)17(19)13-7-4-3-6-12(13)16(14)18/h3-10H,1-2H3. The third kappa shape index (κ3) is 1.75. The van der Waals surface area contributed by atoms with Gasteiger partial charge in [0.2, 0.25) is 0 Å². The van der Waals surface area contributed by atoms with Gasteiger partial charge in [0.25, 0.3) is 0 Å². The average Bonchev–Trinajstić information content (AvgIpc) is 2.44. The van der Waals surface area contributed by atoms with Gasteiger partial charge in [0.1, 0.15) is 0 Å². The van der Waals surface area contributed by atoms with Gasteiger partial charge in [-0.1, -0.05) is 68.5 Å². The molecule has 0 saturated carbocycles. The van der Waals surface area contributed by atoms with Crippen LogP contribution in [0.1, 0.15) is 52.4 Å². The van der Waals surface area contributed by atoms with Crippen LogP contribution < -0.4 is 0 Å². The Morgan fingerprint density at radius 3 is 2.21 bits per heavy atom. The van der Waals surface area contributed by atoms with Crippen LogP contribution in [0.3, 0.4) is 0 Å². The van der Waals surface area contributed by atoms with Crippen molar-refractivity contribution < 1.29 is 4.79 Å². The summed E-state index contributed by atoms with van der Waals surface area (Å²) in [4.78, 5) is 13.4. The van der Waals surface area contributed by atoms with Crippen molar-refractivity contribution in [2.24, 2.45) is 0 Å². The molecule has 2 aromatic rings. The molecule has 0 N–H and O–H groups in total. The summed E-state index contributed by atoms with van der Waals surface area (Å²) in [5.41, 5.74) is 4.47. The molecular weight excluding hydrogens is 252 g/mol. The van der Waals surface area contributed by atoms with E-state index >= 15 is 0 Å². The Morgan fingerprint density at radius 2 is 1.53 bits per heavy atom. The van der Waals surface area contributed by atoms with Crippen LogP contribution >= 0.6 is 12.2 Å². The molecular formula is C17H14OS. The first-order valence-electron chi connectivity index (χ1n) is 6.42. The average molecular weight is 266 g/mol. The van der Waals surface area contributed by atoms with Gasteiger partial charge in [0.15, 0.2) is 5.78 Å². The molecule has 0 bridgehead atoms. The zero-order valence-corrected chi connectivity index (χ0v) is 11.8. The maximum atomic E-state index is 12.6. The SMILES string of the molecule is CC(C)c1cccc2c1C(=S)c1ccccc1C2=O. The fourth-order valence-electron chi connectivity index (χ4n) is 2.65. The molecule has 1 aliphatic rings. The van der Waals surface area contributed by atoms with E-state index in [1.54, 1.807) is 0 Å². The number of benzene rings is 2. The van der Waals surface area contributed by atoms with E-state index in [0.29, 0.717) is 5.92 Å². The van der Waals surface area contributed by atoms with Gasteiger partial charge in [0.05, 0.1) is 4.86 Å². The first-order valence-corrected chi connectivity index (χ1v) is 6.83. The molecule has 2 aromatic carbocycles. The van der Waals surface area contributed by atoms with Crippen LogP contribution in [0.15, 0.2) is 42.5 Å². The molecule has 0 atom stereocenters. The van der Waals surface area contributed by atoms with E-state index in [-0.39, 0.29) is 5.78 Å². The fourth-order valence-corrected chi connectivity index (χ4v) is 3.06. The molecule has 1 nitrogen and oxygen atoms in total. The van der Waals surface area contributed by atoms with Gasteiger partial charge in [0, 0.05) is 22.3 Å². The van der Waals surface area contributed by atoms with E-state index in [9.17, 15) is 4.79 Å². The lowest BCUT2D eigenvalue weighted by Gasteiger charge is -2.23. The minimum Gasteiger partial charge on any atom is -0.289 e. The lowest BCUT2D eigenvalue weighted by molar-refractivity contribution is 0.103. The zero-order chi connectivity index (χ0) is 13.6. The van der Waals surface area contributed by atoms with Crippen LogP contribution in [-0.2, 0) is 0 Å². The summed E-state index contributed by atoms with van der Waals surface area (Å²) >= 11 is 5.62. The third-order valence-electron chi connectivity index (χ3n) is 3.61. The lowest BCUT2D eigenvalue weighted by atomic mass is 9.80. The molecule has 0 aromatic heterocycles. The second-order valence-corrected chi connectivity index (χ2v) is 5.54. The smallest absolute Gasteiger partial charge is 0.194 e. The Kier molecular flexibility index (Phi) is 2.83. The van der Waals surface area contributed by atoms with E-state index in [4.69, 9.17) is 12.2 Å². The van der Waals surface area contributed by atoms with Gasteiger partial charge >= 0.3 is 0 Å². The van der Waals surface area contributed by atoms with E-state index in [2.05, 4.69) is 19.9 Å². The topological polar surface area (TPSA) is 17.1 Å². The maximum Gasteiger partial charge on any atom is 0.194 e. The van der Waals surface area contributed by atoms with Gasteiger partial charge < -0.3 is 0 Å². The highest BCUT2D eigenvalue weighted by Crippen LogP contribution is 2.32. The molecule has 0 aliphatic heterocycles. The van der Waals surface area contributed by atoms with Gasteiger partial charge in [-0.25, -0.2) is 0 Å². The molecule has 3 rings (SSSR count). The highest BCUT2D eigenvalue weighted by Gasteiger charge is 2.28. The van der Waals surface area contributed by atoms with Crippen molar-refractivity contribution in [1.82, 2.24) is 0 Å². The number of hydrogen-bond acceptors (Lipinski definition) is 2. The van der Waals surface area contributed by atoms with Crippen molar-refractivity contribution in [3.05, 3.63) is 70.3 Å². The number of thiocarbonyl (C=S) groups is 1. The molecule has 0 fully saturated rings. The van der Waals surface area contributed by atoms with Crippen LogP contribution in [0.5, 0.6) is 0 Å². The number of rotatable bonds is 1. The second kappa shape index (κ2) is 4.39. The number of fused-ring (bicyclic) bond motifs is 2. The van der Waals surface area contributed by atoms with Gasteiger partial charge in [-0.2, -0.15) is 0 Å². The number of carbonyl (C=O) groups is 1. The molecule has 0 radical (unpaired) electrons. The van der Waals surface area contributed by atoms with Crippen molar-refractivity contribution in [2.75, 3.05) is 0 Å². The Labute approximate surface area is 118 Å². The normalized spacial score (nSPS) is 13.4. The largest absolute Gasteiger partial charge is 0.289 e. The first kappa shape index (κ1) is 12.2. The fraction of sp³-hybridized carbons (Fsp3) is 0.176.